The van der Waals surface area contributed by atoms with Gasteiger partial charge in [0.15, 0.2) is 0 Å². The zero-order chi connectivity index (χ0) is 13.4. The van der Waals surface area contributed by atoms with Crippen LogP contribution in [-0.4, -0.2) is 11.0 Å². The zero-order valence-electron chi connectivity index (χ0n) is 10.1. The highest BCUT2D eigenvalue weighted by Gasteiger charge is 2.31. The molecular weight excluding hydrogens is 262 g/mol. The summed E-state index contributed by atoms with van der Waals surface area (Å²) in [6.45, 7) is 0. The van der Waals surface area contributed by atoms with Crippen LogP contribution in [0.5, 0.6) is 5.75 Å². The van der Waals surface area contributed by atoms with Gasteiger partial charge in [0, 0.05) is 11.8 Å². The Morgan fingerprint density at radius 1 is 1.26 bits per heavy atom. The molecule has 96 valence electrons. The summed E-state index contributed by atoms with van der Waals surface area (Å²) in [5.74, 6) is -0.192. The van der Waals surface area contributed by atoms with Crippen LogP contribution in [0.2, 0.25) is 5.02 Å². The van der Waals surface area contributed by atoms with E-state index in [2.05, 4.69) is 5.32 Å². The Morgan fingerprint density at radius 3 is 2.79 bits per heavy atom. The second-order valence-electron chi connectivity index (χ2n) is 4.61. The lowest BCUT2D eigenvalue weighted by atomic mass is 9.77. The van der Waals surface area contributed by atoms with Crippen molar-refractivity contribution in [3.05, 3.63) is 58.6 Å². The van der Waals surface area contributed by atoms with Crippen LogP contribution in [0.1, 0.15) is 17.0 Å². The molecule has 1 unspecified atom stereocenters. The number of hydrogen-bond donors (Lipinski definition) is 2. The smallest absolute Gasteiger partial charge is 0.232 e. The predicted octanol–water partition coefficient (Wildman–Crippen LogP) is 3.32. The molecule has 0 aliphatic heterocycles. The summed E-state index contributed by atoms with van der Waals surface area (Å²) in [7, 11) is 0. The van der Waals surface area contributed by atoms with Gasteiger partial charge in [-0.1, -0.05) is 35.9 Å². The monoisotopic (exact) mass is 273 g/mol. The molecule has 0 saturated carbocycles. The van der Waals surface area contributed by atoms with Crippen molar-refractivity contribution >= 4 is 23.2 Å². The summed E-state index contributed by atoms with van der Waals surface area (Å²) in [4.78, 5) is 12.1. The largest absolute Gasteiger partial charge is 0.506 e. The average Bonchev–Trinajstić information content (AvgIpc) is 2.35. The minimum absolute atomic E-state index is 0.0338. The Labute approximate surface area is 115 Å². The maximum atomic E-state index is 12.1. The molecule has 1 aliphatic rings. The molecular formula is C15H12ClNO2. The van der Waals surface area contributed by atoms with Crippen LogP contribution >= 0.6 is 11.6 Å². The van der Waals surface area contributed by atoms with E-state index in [4.69, 9.17) is 11.6 Å². The summed E-state index contributed by atoms with van der Waals surface area (Å²) in [6, 6.07) is 12.6. The minimum Gasteiger partial charge on any atom is -0.506 e. The molecule has 2 N–H and O–H groups in total. The summed E-state index contributed by atoms with van der Waals surface area (Å²) < 4.78 is 0. The van der Waals surface area contributed by atoms with E-state index in [9.17, 15) is 9.90 Å². The van der Waals surface area contributed by atoms with Gasteiger partial charge in [0.2, 0.25) is 5.91 Å². The van der Waals surface area contributed by atoms with Crippen molar-refractivity contribution in [1.29, 1.82) is 0 Å². The van der Waals surface area contributed by atoms with E-state index in [-0.39, 0.29) is 22.6 Å². The molecule has 3 rings (SSSR count). The van der Waals surface area contributed by atoms with Crippen LogP contribution < -0.4 is 5.32 Å². The van der Waals surface area contributed by atoms with Crippen molar-refractivity contribution in [3.8, 4) is 5.75 Å². The molecule has 19 heavy (non-hydrogen) atoms. The van der Waals surface area contributed by atoms with Crippen molar-refractivity contribution in [3.63, 3.8) is 0 Å². The molecule has 2 aromatic carbocycles. The number of amides is 1. The first kappa shape index (κ1) is 12.1. The molecule has 2 aromatic rings. The molecule has 1 atom stereocenters. The Bertz CT molecular complexity index is 654. The van der Waals surface area contributed by atoms with Crippen molar-refractivity contribution < 1.29 is 9.90 Å². The van der Waals surface area contributed by atoms with Crippen LogP contribution in [0, 0.1) is 0 Å². The lowest BCUT2D eigenvalue weighted by Gasteiger charge is -2.28. The first-order chi connectivity index (χ1) is 9.15. The summed E-state index contributed by atoms with van der Waals surface area (Å²) >= 11 is 5.72. The number of hydrogen-bond acceptors (Lipinski definition) is 2. The number of fused-ring (bicyclic) bond motifs is 1. The molecule has 0 radical (unpaired) electrons. The molecule has 0 heterocycles. The van der Waals surface area contributed by atoms with Crippen molar-refractivity contribution in [2.75, 3.05) is 5.32 Å². The van der Waals surface area contributed by atoms with Crippen LogP contribution in [-0.2, 0) is 11.2 Å². The fourth-order valence-electron chi connectivity index (χ4n) is 2.31. The average molecular weight is 274 g/mol. The van der Waals surface area contributed by atoms with E-state index in [1.807, 2.05) is 24.3 Å². The number of phenolic OH excluding ortho intramolecular Hbond substituents is 1. The quantitative estimate of drug-likeness (QED) is 0.882. The fourth-order valence-corrected chi connectivity index (χ4v) is 2.43. The Hall–Kier alpha value is -2.00. The third-order valence-electron chi connectivity index (χ3n) is 3.38. The van der Waals surface area contributed by atoms with Gasteiger partial charge in [-0.2, -0.15) is 0 Å². The molecule has 1 amide bonds. The molecule has 1 aliphatic carbocycles. The molecule has 0 saturated heterocycles. The summed E-state index contributed by atoms with van der Waals surface area (Å²) in [5, 5.41) is 12.6. The second kappa shape index (κ2) is 4.59. The SMILES string of the molecule is O=C(Nc1ccc(Cl)c(O)c1)C1Cc2ccccc21. The second-order valence-corrected chi connectivity index (χ2v) is 5.02. The minimum atomic E-state index is -0.103. The van der Waals surface area contributed by atoms with E-state index >= 15 is 0 Å². The maximum Gasteiger partial charge on any atom is 0.232 e. The third kappa shape index (κ3) is 2.17. The van der Waals surface area contributed by atoms with E-state index < -0.39 is 0 Å². The van der Waals surface area contributed by atoms with E-state index in [1.165, 1.54) is 11.6 Å². The number of phenols is 1. The number of benzene rings is 2. The highest BCUT2D eigenvalue weighted by Crippen LogP contribution is 2.36. The lowest BCUT2D eigenvalue weighted by molar-refractivity contribution is -0.118. The van der Waals surface area contributed by atoms with Gasteiger partial charge < -0.3 is 10.4 Å². The zero-order valence-corrected chi connectivity index (χ0v) is 10.8. The first-order valence-electron chi connectivity index (χ1n) is 6.02. The third-order valence-corrected chi connectivity index (χ3v) is 3.70. The molecule has 0 bridgehead atoms. The van der Waals surface area contributed by atoms with Gasteiger partial charge in [-0.05, 0) is 29.7 Å². The maximum absolute atomic E-state index is 12.1. The molecule has 4 heteroatoms. The standard InChI is InChI=1S/C15H12ClNO2/c16-13-6-5-10(8-14(13)18)17-15(19)12-7-9-3-1-2-4-11(9)12/h1-6,8,12,18H,7H2,(H,17,19). The van der Waals surface area contributed by atoms with Gasteiger partial charge in [0.1, 0.15) is 5.75 Å². The number of carbonyl (C=O) groups excluding carboxylic acids is 1. The lowest BCUT2D eigenvalue weighted by Crippen LogP contribution is -2.30. The number of nitrogens with one attached hydrogen (secondary N) is 1. The summed E-state index contributed by atoms with van der Waals surface area (Å²) in [6.07, 6.45) is 0.765. The number of carbonyl (C=O) groups is 1. The number of anilines is 1. The van der Waals surface area contributed by atoms with Gasteiger partial charge >= 0.3 is 0 Å². The van der Waals surface area contributed by atoms with E-state index in [0.29, 0.717) is 5.69 Å². The van der Waals surface area contributed by atoms with Crippen LogP contribution in [0.15, 0.2) is 42.5 Å². The van der Waals surface area contributed by atoms with Crippen LogP contribution in [0.3, 0.4) is 0 Å². The number of halogens is 1. The van der Waals surface area contributed by atoms with Gasteiger partial charge in [-0.3, -0.25) is 4.79 Å². The van der Waals surface area contributed by atoms with Crippen molar-refractivity contribution in [2.24, 2.45) is 0 Å². The summed E-state index contributed by atoms with van der Waals surface area (Å²) in [5.41, 5.74) is 2.86. The Balaban J connectivity index is 1.75. The molecule has 3 nitrogen and oxygen atoms in total. The Kier molecular flexibility index (Phi) is 2.91. The highest BCUT2D eigenvalue weighted by atomic mass is 35.5. The van der Waals surface area contributed by atoms with Gasteiger partial charge in [0.25, 0.3) is 0 Å². The van der Waals surface area contributed by atoms with E-state index in [1.54, 1.807) is 12.1 Å². The predicted molar refractivity (Wildman–Crippen MR) is 74.6 cm³/mol. The topological polar surface area (TPSA) is 49.3 Å². The fraction of sp³-hybridized carbons (Fsp3) is 0.133. The number of aromatic hydroxyl groups is 1. The Morgan fingerprint density at radius 2 is 2.05 bits per heavy atom. The van der Waals surface area contributed by atoms with E-state index in [0.717, 1.165) is 12.0 Å². The normalized spacial score (nSPS) is 16.4. The first-order valence-corrected chi connectivity index (χ1v) is 6.40. The van der Waals surface area contributed by atoms with Crippen LogP contribution in [0.4, 0.5) is 5.69 Å². The van der Waals surface area contributed by atoms with Gasteiger partial charge in [-0.15, -0.1) is 0 Å². The highest BCUT2D eigenvalue weighted by molar-refractivity contribution is 6.32. The van der Waals surface area contributed by atoms with Crippen LogP contribution in [0.25, 0.3) is 0 Å². The van der Waals surface area contributed by atoms with Crippen molar-refractivity contribution in [1.82, 2.24) is 0 Å². The molecule has 0 aromatic heterocycles. The van der Waals surface area contributed by atoms with Gasteiger partial charge in [0.05, 0.1) is 10.9 Å². The van der Waals surface area contributed by atoms with Crippen molar-refractivity contribution in [2.45, 2.75) is 12.3 Å². The molecule has 0 fully saturated rings. The number of rotatable bonds is 2. The van der Waals surface area contributed by atoms with Gasteiger partial charge in [-0.25, -0.2) is 0 Å². The molecule has 0 spiro atoms.